The number of ether oxygens (including phenoxy) is 1. The number of aromatic nitrogens is 2. The number of nitrogens with zero attached hydrogens (tertiary/aromatic N) is 4. The molecule has 4 heterocycles. The summed E-state index contributed by atoms with van der Waals surface area (Å²) >= 11 is 1.66. The minimum Gasteiger partial charge on any atom is -0.475 e. The average Bonchev–Trinajstić information content (AvgIpc) is 3.15. The van der Waals surface area contributed by atoms with E-state index in [4.69, 9.17) is 14.6 Å². The van der Waals surface area contributed by atoms with Crippen LogP contribution in [0.4, 0.5) is 19.0 Å². The normalized spacial score (nSPS) is 22.6. The number of carbonyl (C=O) groups is 2. The zero-order valence-corrected chi connectivity index (χ0v) is 16.3. The van der Waals surface area contributed by atoms with Crippen molar-refractivity contribution in [2.24, 2.45) is 5.41 Å². The topological polar surface area (TPSA) is 95.9 Å². The molecule has 2 aromatic heterocycles. The summed E-state index contributed by atoms with van der Waals surface area (Å²) in [5.41, 5.74) is 0.852. The Morgan fingerprint density at radius 1 is 1.34 bits per heavy atom. The molecular weight excluding hydrogens is 413 g/mol. The zero-order chi connectivity index (χ0) is 21.2. The first-order valence-electron chi connectivity index (χ1n) is 8.66. The minimum atomic E-state index is -5.08. The van der Waals surface area contributed by atoms with Crippen molar-refractivity contribution in [2.75, 3.05) is 44.8 Å². The van der Waals surface area contributed by atoms with Gasteiger partial charge in [-0.1, -0.05) is 0 Å². The standard InChI is InChI=1S/C15H18N4O2S.C2HF3O2/c1-18-7-15(6-12(18)20)8-19(3-4-21-9-15)14-13-11(2-5-22-13)16-10-17-14;3-2(4,5)1(6)7/h2,5,10H,3-4,6-9H2,1H3;(H,6,7). The summed E-state index contributed by atoms with van der Waals surface area (Å²) < 4.78 is 38.7. The third-order valence-corrected chi connectivity index (χ3v) is 5.63. The maximum absolute atomic E-state index is 12.0. The van der Waals surface area contributed by atoms with Crippen LogP contribution in [-0.4, -0.2) is 77.9 Å². The lowest BCUT2D eigenvalue weighted by atomic mass is 9.87. The summed E-state index contributed by atoms with van der Waals surface area (Å²) in [6.07, 6.45) is -2.91. The summed E-state index contributed by atoms with van der Waals surface area (Å²) in [5.74, 6) is -1.59. The van der Waals surface area contributed by atoms with Gasteiger partial charge in [0.15, 0.2) is 0 Å². The number of thiophene rings is 1. The number of carboxylic acids is 1. The molecule has 158 valence electrons. The number of likely N-dealkylation sites (tertiary alicyclic amines) is 1. The lowest BCUT2D eigenvalue weighted by molar-refractivity contribution is -0.192. The fourth-order valence-corrected chi connectivity index (χ4v) is 4.34. The van der Waals surface area contributed by atoms with Gasteiger partial charge in [0.05, 0.1) is 23.4 Å². The van der Waals surface area contributed by atoms with Gasteiger partial charge < -0.3 is 19.6 Å². The van der Waals surface area contributed by atoms with E-state index in [-0.39, 0.29) is 11.3 Å². The number of aliphatic carboxylic acids is 1. The third kappa shape index (κ3) is 4.75. The highest BCUT2D eigenvalue weighted by Crippen LogP contribution is 2.36. The summed E-state index contributed by atoms with van der Waals surface area (Å²) in [6, 6.07) is 2.02. The Bertz CT molecular complexity index is 906. The molecule has 2 aliphatic rings. The van der Waals surface area contributed by atoms with Crippen LogP contribution in [0, 0.1) is 5.41 Å². The van der Waals surface area contributed by atoms with Gasteiger partial charge in [-0.05, 0) is 11.4 Å². The minimum absolute atomic E-state index is 0.128. The number of anilines is 1. The van der Waals surface area contributed by atoms with Crippen LogP contribution in [0.15, 0.2) is 17.8 Å². The molecule has 4 rings (SSSR count). The van der Waals surface area contributed by atoms with Crippen molar-refractivity contribution < 1.29 is 32.6 Å². The molecule has 12 heteroatoms. The SMILES string of the molecule is CN1CC2(COCCN(c3ncnc4ccsc34)C2)CC1=O.O=C(O)C(F)(F)F. The second-order valence-electron chi connectivity index (χ2n) is 7.04. The summed E-state index contributed by atoms with van der Waals surface area (Å²) in [5, 5.41) is 9.17. The van der Waals surface area contributed by atoms with Gasteiger partial charge in [0.25, 0.3) is 0 Å². The largest absolute Gasteiger partial charge is 0.490 e. The Labute approximate surface area is 167 Å². The van der Waals surface area contributed by atoms with Crippen LogP contribution in [0.5, 0.6) is 0 Å². The predicted molar refractivity (Wildman–Crippen MR) is 98.8 cm³/mol. The molecule has 1 atom stereocenters. The first kappa shape index (κ1) is 21.2. The number of hydrogen-bond acceptors (Lipinski definition) is 7. The second kappa shape index (κ2) is 8.11. The van der Waals surface area contributed by atoms with E-state index in [9.17, 15) is 18.0 Å². The molecule has 8 nitrogen and oxygen atoms in total. The molecule has 0 aromatic carbocycles. The quantitative estimate of drug-likeness (QED) is 0.737. The molecule has 1 spiro atoms. The molecular formula is C17H19F3N4O4S. The molecule has 2 fully saturated rings. The summed E-state index contributed by atoms with van der Waals surface area (Å²) in [4.78, 5) is 33.8. The van der Waals surface area contributed by atoms with E-state index in [1.807, 2.05) is 23.4 Å². The number of carboxylic acid groups (broad SMARTS) is 1. The van der Waals surface area contributed by atoms with Crippen LogP contribution in [-0.2, 0) is 14.3 Å². The van der Waals surface area contributed by atoms with Crippen molar-refractivity contribution in [1.29, 1.82) is 0 Å². The maximum Gasteiger partial charge on any atom is 0.490 e. The number of alkyl halides is 3. The highest BCUT2D eigenvalue weighted by molar-refractivity contribution is 7.17. The first-order chi connectivity index (χ1) is 13.6. The van der Waals surface area contributed by atoms with Gasteiger partial charge in [-0.25, -0.2) is 14.8 Å². The number of halogens is 3. The Kier molecular flexibility index (Phi) is 5.94. The van der Waals surface area contributed by atoms with Gasteiger partial charge >= 0.3 is 12.1 Å². The molecule has 2 saturated heterocycles. The van der Waals surface area contributed by atoms with E-state index in [0.717, 1.165) is 35.7 Å². The number of carbonyl (C=O) groups excluding carboxylic acids is 1. The predicted octanol–water partition coefficient (Wildman–Crippen LogP) is 2.01. The Morgan fingerprint density at radius 2 is 2.07 bits per heavy atom. The molecule has 2 aromatic rings. The molecule has 0 saturated carbocycles. The molecule has 0 aliphatic carbocycles. The molecule has 0 bridgehead atoms. The van der Waals surface area contributed by atoms with Gasteiger partial charge in [0.2, 0.25) is 5.91 Å². The van der Waals surface area contributed by atoms with E-state index in [1.165, 1.54) is 0 Å². The fraction of sp³-hybridized carbons (Fsp3) is 0.529. The zero-order valence-electron chi connectivity index (χ0n) is 15.5. The molecule has 2 aliphatic heterocycles. The summed E-state index contributed by atoms with van der Waals surface area (Å²) in [6.45, 7) is 3.65. The number of amides is 1. The van der Waals surface area contributed by atoms with Gasteiger partial charge in [-0.2, -0.15) is 13.2 Å². The van der Waals surface area contributed by atoms with E-state index < -0.39 is 12.1 Å². The Balaban J connectivity index is 0.000000298. The smallest absolute Gasteiger partial charge is 0.475 e. The van der Waals surface area contributed by atoms with E-state index >= 15 is 0 Å². The molecule has 1 N–H and O–H groups in total. The van der Waals surface area contributed by atoms with Crippen LogP contribution in [0.1, 0.15) is 6.42 Å². The second-order valence-corrected chi connectivity index (χ2v) is 7.95. The van der Waals surface area contributed by atoms with Crippen molar-refractivity contribution in [3.63, 3.8) is 0 Å². The van der Waals surface area contributed by atoms with Crippen molar-refractivity contribution in [2.45, 2.75) is 12.6 Å². The Hall–Kier alpha value is -2.47. The van der Waals surface area contributed by atoms with Gasteiger partial charge in [-0.15, -0.1) is 11.3 Å². The van der Waals surface area contributed by atoms with E-state index in [0.29, 0.717) is 19.6 Å². The van der Waals surface area contributed by atoms with Gasteiger partial charge in [-0.3, -0.25) is 4.79 Å². The molecule has 0 radical (unpaired) electrons. The lowest BCUT2D eigenvalue weighted by Crippen LogP contribution is -2.40. The van der Waals surface area contributed by atoms with E-state index in [1.54, 1.807) is 17.7 Å². The van der Waals surface area contributed by atoms with Crippen molar-refractivity contribution in [1.82, 2.24) is 14.9 Å². The van der Waals surface area contributed by atoms with Crippen molar-refractivity contribution >= 4 is 39.2 Å². The number of rotatable bonds is 1. The number of hydrogen-bond donors (Lipinski definition) is 1. The average molecular weight is 432 g/mol. The first-order valence-corrected chi connectivity index (χ1v) is 9.54. The van der Waals surface area contributed by atoms with Crippen LogP contribution in [0.25, 0.3) is 10.2 Å². The van der Waals surface area contributed by atoms with Gasteiger partial charge in [0, 0.05) is 38.5 Å². The highest BCUT2D eigenvalue weighted by atomic mass is 32.1. The van der Waals surface area contributed by atoms with Crippen LogP contribution in [0.3, 0.4) is 0 Å². The van der Waals surface area contributed by atoms with Crippen molar-refractivity contribution in [3.05, 3.63) is 17.8 Å². The van der Waals surface area contributed by atoms with Crippen molar-refractivity contribution in [3.8, 4) is 0 Å². The lowest BCUT2D eigenvalue weighted by Gasteiger charge is -2.31. The highest BCUT2D eigenvalue weighted by Gasteiger charge is 2.44. The monoisotopic (exact) mass is 432 g/mol. The van der Waals surface area contributed by atoms with Crippen LogP contribution >= 0.6 is 11.3 Å². The van der Waals surface area contributed by atoms with E-state index in [2.05, 4.69) is 14.9 Å². The fourth-order valence-electron chi connectivity index (χ4n) is 3.48. The third-order valence-electron chi connectivity index (χ3n) is 4.73. The summed E-state index contributed by atoms with van der Waals surface area (Å²) in [7, 11) is 1.87. The molecule has 1 amide bonds. The Morgan fingerprint density at radius 3 is 2.69 bits per heavy atom. The van der Waals surface area contributed by atoms with Crippen LogP contribution < -0.4 is 4.90 Å². The maximum atomic E-state index is 12.0. The number of fused-ring (bicyclic) bond motifs is 1. The van der Waals surface area contributed by atoms with Gasteiger partial charge in [0.1, 0.15) is 12.1 Å². The van der Waals surface area contributed by atoms with Crippen LogP contribution in [0.2, 0.25) is 0 Å². The molecule has 29 heavy (non-hydrogen) atoms. The molecule has 1 unspecified atom stereocenters.